The van der Waals surface area contributed by atoms with Crippen LogP contribution >= 0.6 is 0 Å². The Kier molecular flexibility index (Phi) is 3.41. The lowest BCUT2D eigenvalue weighted by molar-refractivity contribution is 0.221. The summed E-state index contributed by atoms with van der Waals surface area (Å²) in [5.74, 6) is 1.68. The fourth-order valence-electron chi connectivity index (χ4n) is 3.11. The second-order valence-corrected chi connectivity index (χ2v) is 5.36. The quantitative estimate of drug-likeness (QED) is 0.358. The summed E-state index contributed by atoms with van der Waals surface area (Å²) in [6.45, 7) is 4.60. The van der Waals surface area contributed by atoms with Crippen LogP contribution in [0.25, 0.3) is 0 Å². The highest BCUT2D eigenvalue weighted by atomic mass is 16.4. The van der Waals surface area contributed by atoms with Crippen LogP contribution in [-0.4, -0.2) is 15.6 Å². The second kappa shape index (κ2) is 4.82. The Hall–Kier alpha value is -1.45. The number of aromatic nitrogens is 1. The van der Waals surface area contributed by atoms with Gasteiger partial charge in [0, 0.05) is 12.2 Å². The molecule has 2 rings (SSSR count). The Labute approximate surface area is 102 Å². The number of hydrogen-bond acceptors (Lipinski definition) is 2. The molecular weight excluding hydrogens is 214 g/mol. The van der Waals surface area contributed by atoms with Gasteiger partial charge in [0.25, 0.3) is 0 Å². The summed E-state index contributed by atoms with van der Waals surface area (Å²) < 4.78 is 2.15. The van der Waals surface area contributed by atoms with E-state index in [1.807, 2.05) is 18.3 Å². The maximum atomic E-state index is 8.78. The molecule has 1 aromatic rings. The second-order valence-electron chi connectivity index (χ2n) is 5.36. The Morgan fingerprint density at radius 1 is 1.35 bits per heavy atom. The summed E-state index contributed by atoms with van der Waals surface area (Å²) in [7, 11) is 0. The van der Waals surface area contributed by atoms with E-state index < -0.39 is 0 Å². The summed E-state index contributed by atoms with van der Waals surface area (Å²) >= 11 is 0. The molecule has 17 heavy (non-hydrogen) atoms. The molecule has 0 amide bonds. The molecule has 1 heterocycles. The van der Waals surface area contributed by atoms with Crippen molar-refractivity contribution in [1.82, 2.24) is 4.57 Å². The molecule has 0 aliphatic heterocycles. The Balaban J connectivity index is 2.25. The first-order valence-electron chi connectivity index (χ1n) is 6.26. The molecule has 1 aliphatic carbocycles. The van der Waals surface area contributed by atoms with E-state index in [1.54, 1.807) is 0 Å². The van der Waals surface area contributed by atoms with Crippen molar-refractivity contribution in [1.29, 1.82) is 0 Å². The van der Waals surface area contributed by atoms with Crippen LogP contribution in [0.1, 0.15) is 44.8 Å². The highest BCUT2D eigenvalue weighted by Gasteiger charge is 2.26. The van der Waals surface area contributed by atoms with E-state index in [0.717, 1.165) is 17.5 Å². The molecule has 0 spiro atoms. The maximum absolute atomic E-state index is 8.78. The van der Waals surface area contributed by atoms with Gasteiger partial charge in [-0.15, -0.1) is 0 Å². The van der Waals surface area contributed by atoms with Gasteiger partial charge in [-0.3, -0.25) is 0 Å². The lowest BCUT2D eigenvalue weighted by Crippen LogP contribution is -2.26. The molecule has 1 aliphatic rings. The number of oxime groups is 1. The number of nitrogens with zero attached hydrogens (tertiary/aromatic N) is 2. The molecular formula is C13H21N3O. The van der Waals surface area contributed by atoms with Gasteiger partial charge in [-0.05, 0) is 43.2 Å². The average molecular weight is 235 g/mol. The van der Waals surface area contributed by atoms with Crippen LogP contribution in [0.2, 0.25) is 0 Å². The molecule has 2 atom stereocenters. The van der Waals surface area contributed by atoms with E-state index in [4.69, 9.17) is 10.9 Å². The van der Waals surface area contributed by atoms with Crippen LogP contribution in [0.15, 0.2) is 23.5 Å². The minimum Gasteiger partial charge on any atom is -0.409 e. The summed E-state index contributed by atoms with van der Waals surface area (Å²) in [5.41, 5.74) is 6.51. The van der Waals surface area contributed by atoms with E-state index in [1.165, 1.54) is 19.3 Å². The van der Waals surface area contributed by atoms with Crippen LogP contribution in [0, 0.1) is 11.8 Å². The molecule has 1 fully saturated rings. The van der Waals surface area contributed by atoms with Crippen LogP contribution in [0.5, 0.6) is 0 Å². The SMILES string of the molecule is CC1CC(C)CC(n2cccc2/C(N)=N/O)C1. The first-order chi connectivity index (χ1) is 8.11. The Morgan fingerprint density at radius 3 is 2.59 bits per heavy atom. The summed E-state index contributed by atoms with van der Waals surface area (Å²) in [4.78, 5) is 0. The van der Waals surface area contributed by atoms with E-state index in [-0.39, 0.29) is 5.84 Å². The van der Waals surface area contributed by atoms with E-state index in [2.05, 4.69) is 23.6 Å². The molecule has 3 N–H and O–H groups in total. The van der Waals surface area contributed by atoms with Crippen LogP contribution in [-0.2, 0) is 0 Å². The zero-order valence-electron chi connectivity index (χ0n) is 10.5. The van der Waals surface area contributed by atoms with E-state index >= 15 is 0 Å². The third-order valence-corrected chi connectivity index (χ3v) is 3.70. The molecule has 0 radical (unpaired) electrons. The fraction of sp³-hybridized carbons (Fsp3) is 0.615. The number of rotatable bonds is 2. The zero-order chi connectivity index (χ0) is 12.4. The molecule has 1 aromatic heterocycles. The molecule has 0 saturated heterocycles. The number of hydrogen-bond donors (Lipinski definition) is 2. The monoisotopic (exact) mass is 235 g/mol. The van der Waals surface area contributed by atoms with Gasteiger partial charge in [-0.25, -0.2) is 0 Å². The van der Waals surface area contributed by atoms with Crippen molar-refractivity contribution in [2.24, 2.45) is 22.7 Å². The highest BCUT2D eigenvalue weighted by molar-refractivity contribution is 5.95. The summed E-state index contributed by atoms with van der Waals surface area (Å²) in [6.07, 6.45) is 5.68. The minimum absolute atomic E-state index is 0.195. The molecule has 2 unspecified atom stereocenters. The Bertz CT molecular complexity index is 401. The van der Waals surface area contributed by atoms with Gasteiger partial charge in [0.2, 0.25) is 0 Å². The van der Waals surface area contributed by atoms with E-state index in [0.29, 0.717) is 6.04 Å². The van der Waals surface area contributed by atoms with Crippen molar-refractivity contribution in [2.45, 2.75) is 39.2 Å². The van der Waals surface area contributed by atoms with Crippen molar-refractivity contribution >= 4 is 5.84 Å². The topological polar surface area (TPSA) is 63.5 Å². The number of nitrogens with two attached hydrogens (primary N) is 1. The normalized spacial score (nSPS) is 30.5. The third-order valence-electron chi connectivity index (χ3n) is 3.70. The van der Waals surface area contributed by atoms with Crippen molar-refractivity contribution in [3.8, 4) is 0 Å². The molecule has 4 nitrogen and oxygen atoms in total. The Morgan fingerprint density at radius 2 is 2.00 bits per heavy atom. The predicted octanol–water partition coefficient (Wildman–Crippen LogP) is 2.58. The lowest BCUT2D eigenvalue weighted by atomic mass is 9.80. The van der Waals surface area contributed by atoms with Crippen molar-refractivity contribution in [2.75, 3.05) is 0 Å². The first kappa shape index (κ1) is 12.0. The van der Waals surface area contributed by atoms with Gasteiger partial charge in [0.15, 0.2) is 5.84 Å². The van der Waals surface area contributed by atoms with Crippen molar-refractivity contribution in [3.63, 3.8) is 0 Å². The van der Waals surface area contributed by atoms with Crippen LogP contribution in [0.3, 0.4) is 0 Å². The third kappa shape index (κ3) is 2.46. The molecule has 0 bridgehead atoms. The molecule has 1 saturated carbocycles. The summed E-state index contributed by atoms with van der Waals surface area (Å²) in [6, 6.07) is 4.33. The first-order valence-corrected chi connectivity index (χ1v) is 6.26. The minimum atomic E-state index is 0.195. The van der Waals surface area contributed by atoms with Gasteiger partial charge in [0.05, 0.1) is 5.69 Å². The van der Waals surface area contributed by atoms with Crippen LogP contribution in [0.4, 0.5) is 0 Å². The average Bonchev–Trinajstić information content (AvgIpc) is 2.75. The van der Waals surface area contributed by atoms with Crippen molar-refractivity contribution < 1.29 is 5.21 Å². The maximum Gasteiger partial charge on any atom is 0.186 e. The van der Waals surface area contributed by atoms with Gasteiger partial charge < -0.3 is 15.5 Å². The predicted molar refractivity (Wildman–Crippen MR) is 68.2 cm³/mol. The largest absolute Gasteiger partial charge is 0.409 e. The van der Waals surface area contributed by atoms with Gasteiger partial charge in [0.1, 0.15) is 0 Å². The van der Waals surface area contributed by atoms with Gasteiger partial charge in [-0.1, -0.05) is 19.0 Å². The van der Waals surface area contributed by atoms with Gasteiger partial charge >= 0.3 is 0 Å². The molecule has 94 valence electrons. The smallest absolute Gasteiger partial charge is 0.186 e. The summed E-state index contributed by atoms with van der Waals surface area (Å²) in [5, 5.41) is 11.9. The molecule has 4 heteroatoms. The van der Waals surface area contributed by atoms with E-state index in [9.17, 15) is 0 Å². The fourth-order valence-corrected chi connectivity index (χ4v) is 3.11. The highest BCUT2D eigenvalue weighted by Crippen LogP contribution is 2.36. The lowest BCUT2D eigenvalue weighted by Gasteiger charge is -2.33. The zero-order valence-corrected chi connectivity index (χ0v) is 10.5. The van der Waals surface area contributed by atoms with Crippen molar-refractivity contribution in [3.05, 3.63) is 24.0 Å². The standard InChI is InChI=1S/C13H21N3O/c1-9-6-10(2)8-11(7-9)16-5-3-4-12(16)13(14)15-17/h3-5,9-11,17H,6-8H2,1-2H3,(H2,14,15). The van der Waals surface area contributed by atoms with Gasteiger partial charge in [-0.2, -0.15) is 0 Å². The molecule has 0 aromatic carbocycles. The number of amidine groups is 1. The van der Waals surface area contributed by atoms with Crippen LogP contribution < -0.4 is 5.73 Å².